The highest BCUT2D eigenvalue weighted by atomic mass is 79.9. The van der Waals surface area contributed by atoms with Crippen molar-refractivity contribution >= 4 is 60.5 Å². The number of nitrogens with zero attached hydrogens (tertiary/aromatic N) is 3. The Hall–Kier alpha value is -4.86. The minimum Gasteiger partial charge on any atom is -0.471 e. The van der Waals surface area contributed by atoms with Crippen molar-refractivity contribution in [1.29, 1.82) is 0 Å². The van der Waals surface area contributed by atoms with Crippen LogP contribution < -0.4 is 20.1 Å². The van der Waals surface area contributed by atoms with Gasteiger partial charge in [-0.2, -0.15) is 9.97 Å². The van der Waals surface area contributed by atoms with Crippen LogP contribution in [0.25, 0.3) is 0 Å². The number of benzene rings is 3. The molecule has 13 nitrogen and oxygen atoms in total. The van der Waals surface area contributed by atoms with Gasteiger partial charge < -0.3 is 30.0 Å². The second kappa shape index (κ2) is 13.4. The Labute approximate surface area is 302 Å². The second-order valence-corrected chi connectivity index (χ2v) is 16.0. The van der Waals surface area contributed by atoms with Gasteiger partial charge in [0.05, 0.1) is 17.4 Å². The van der Waals surface area contributed by atoms with E-state index in [9.17, 15) is 23.1 Å². The van der Waals surface area contributed by atoms with Crippen molar-refractivity contribution in [1.82, 2.24) is 9.97 Å². The monoisotopic (exact) mass is 775 g/mol. The average molecular weight is 777 g/mol. The smallest absolute Gasteiger partial charge is 0.322 e. The molecule has 1 aliphatic carbocycles. The highest BCUT2D eigenvalue weighted by Crippen LogP contribution is 2.60. The Balaban J connectivity index is 1.34. The molecule has 0 saturated heterocycles. The summed E-state index contributed by atoms with van der Waals surface area (Å²) in [6.07, 6.45) is 1.04. The van der Waals surface area contributed by atoms with E-state index in [1.165, 1.54) is 6.92 Å². The molecule has 4 aromatic rings. The summed E-state index contributed by atoms with van der Waals surface area (Å²) in [5.74, 6) is -3.86. The molecule has 1 aromatic heterocycles. The maximum absolute atomic E-state index is 14.2. The number of aromatic nitrogens is 2. The lowest BCUT2D eigenvalue weighted by atomic mass is 9.65. The fourth-order valence-corrected chi connectivity index (χ4v) is 7.88. The number of carbonyl (C=O) groups excluding carboxylic acids is 2. The third-order valence-electron chi connectivity index (χ3n) is 9.43. The lowest BCUT2D eigenvalue weighted by Gasteiger charge is -2.38. The van der Waals surface area contributed by atoms with E-state index in [4.69, 9.17) is 19.2 Å². The van der Waals surface area contributed by atoms with Gasteiger partial charge in [0.25, 0.3) is 0 Å². The molecule has 1 spiro atoms. The van der Waals surface area contributed by atoms with E-state index < -0.39 is 56.9 Å². The Morgan fingerprint density at radius 1 is 1.00 bits per heavy atom. The molecule has 2 aliphatic heterocycles. The van der Waals surface area contributed by atoms with Gasteiger partial charge in [-0.3, -0.25) is 9.59 Å². The number of fused-ring (bicyclic) bond motifs is 4. The number of aliphatic imine (C=N–C) groups is 1. The van der Waals surface area contributed by atoms with Crippen LogP contribution in [0.4, 0.5) is 17.2 Å². The van der Waals surface area contributed by atoms with Crippen LogP contribution in [0.1, 0.15) is 23.6 Å². The van der Waals surface area contributed by atoms with Gasteiger partial charge in [-0.05, 0) is 35.7 Å². The molecule has 3 heterocycles. The molecule has 4 atom stereocenters. The summed E-state index contributed by atoms with van der Waals surface area (Å²) in [6, 6.07) is 24.0. The van der Waals surface area contributed by atoms with Crippen LogP contribution in [-0.2, 0) is 42.8 Å². The summed E-state index contributed by atoms with van der Waals surface area (Å²) in [5, 5.41) is 18.8. The van der Waals surface area contributed by atoms with Gasteiger partial charge in [-0.15, -0.1) is 0 Å². The minimum atomic E-state index is -3.47. The third kappa shape index (κ3) is 6.34. The number of esters is 1. The Kier molecular flexibility index (Phi) is 9.06. The largest absolute Gasteiger partial charge is 0.471 e. The second-order valence-electron chi connectivity index (χ2n) is 12.8. The van der Waals surface area contributed by atoms with Crippen LogP contribution >= 0.6 is 15.9 Å². The summed E-state index contributed by atoms with van der Waals surface area (Å²) in [4.78, 5) is 42.5. The molecule has 0 unspecified atom stereocenters. The van der Waals surface area contributed by atoms with Gasteiger partial charge in [0.2, 0.25) is 11.8 Å². The van der Waals surface area contributed by atoms with E-state index in [1.54, 1.807) is 18.2 Å². The van der Waals surface area contributed by atoms with E-state index in [0.717, 1.165) is 17.4 Å². The number of ether oxygens (including phenoxy) is 3. The number of hydrogen-bond donors (Lipinski definition) is 3. The molecular weight excluding hydrogens is 742 g/mol. The summed E-state index contributed by atoms with van der Waals surface area (Å²) in [7, 11) is -3.47. The average Bonchev–Trinajstić information content (AvgIpc) is 3.38. The number of carbonyl (C=O) groups is 2. The van der Waals surface area contributed by atoms with Crippen LogP contribution in [0.2, 0.25) is 0 Å². The minimum absolute atomic E-state index is 0.00932. The summed E-state index contributed by atoms with van der Waals surface area (Å²) >= 11 is 3.43. The number of nitrogens with one attached hydrogen (secondary N) is 2. The van der Waals surface area contributed by atoms with Crippen molar-refractivity contribution in [3.8, 4) is 11.9 Å². The summed E-state index contributed by atoms with van der Waals surface area (Å²) in [5.41, 5.74) is -1.17. The molecular formula is C36H34BrN5O8S. The van der Waals surface area contributed by atoms with E-state index in [2.05, 4.69) is 36.5 Å². The fraction of sp³-hybridized carbons (Fsp3) is 0.306. The quantitative estimate of drug-likeness (QED) is 0.195. The fourth-order valence-electron chi connectivity index (χ4n) is 7.13. The Morgan fingerprint density at radius 2 is 1.67 bits per heavy atom. The predicted octanol–water partition coefficient (Wildman–Crippen LogP) is 4.37. The van der Waals surface area contributed by atoms with Crippen molar-refractivity contribution < 1.29 is 37.3 Å². The molecule has 0 bridgehead atoms. The first kappa shape index (κ1) is 34.6. The predicted molar refractivity (Wildman–Crippen MR) is 192 cm³/mol. The standard InChI is InChI=1S/C36H34BrN5O8S/c1-35(45)29-24(27(32(43)48-15-16-51(2,46)47)36(35)25-14-13-23(37)17-26(25)39-33(36)44)18-38-30-28(40-29)31(49-19-21-9-5-3-6-10-21)42-34(41-30)50-20-22-11-7-4-8-12-22/h3-14,17,24,27,45H,15-16,18-20H2,1-2H3,(H,39,44)(H,38,41,42)/t24-,27+,35-,36+/m0/s1. The third-order valence-corrected chi connectivity index (χ3v) is 10.8. The van der Waals surface area contributed by atoms with Crippen LogP contribution in [0.15, 0.2) is 88.3 Å². The van der Waals surface area contributed by atoms with Gasteiger partial charge >= 0.3 is 12.0 Å². The Bertz CT molecular complexity index is 2150. The number of hydrogen-bond acceptors (Lipinski definition) is 12. The molecule has 15 heteroatoms. The molecule has 1 saturated carbocycles. The molecule has 0 radical (unpaired) electrons. The lowest BCUT2D eigenvalue weighted by Crippen LogP contribution is -2.57. The summed E-state index contributed by atoms with van der Waals surface area (Å²) < 4.78 is 42.2. The van der Waals surface area contributed by atoms with Crippen LogP contribution in [0, 0.1) is 11.8 Å². The van der Waals surface area contributed by atoms with Crippen molar-refractivity contribution in [3.05, 3.63) is 100 Å². The van der Waals surface area contributed by atoms with Gasteiger partial charge in [0, 0.05) is 28.9 Å². The first-order valence-corrected chi connectivity index (χ1v) is 19.0. The van der Waals surface area contributed by atoms with Crippen LogP contribution in [0.3, 0.4) is 0 Å². The van der Waals surface area contributed by atoms with Crippen LogP contribution in [-0.4, -0.2) is 71.8 Å². The van der Waals surface area contributed by atoms with Crippen LogP contribution in [0.5, 0.6) is 11.9 Å². The van der Waals surface area contributed by atoms with Gasteiger partial charge in [0.15, 0.2) is 21.3 Å². The molecule has 7 rings (SSSR count). The van der Waals surface area contributed by atoms with E-state index >= 15 is 0 Å². The van der Waals surface area contributed by atoms with E-state index in [0.29, 0.717) is 15.7 Å². The zero-order valence-corrected chi connectivity index (χ0v) is 30.0. The van der Waals surface area contributed by atoms with Crippen molar-refractivity contribution in [3.63, 3.8) is 0 Å². The zero-order chi connectivity index (χ0) is 36.0. The van der Waals surface area contributed by atoms with Gasteiger partial charge in [-0.25, -0.2) is 13.4 Å². The highest BCUT2D eigenvalue weighted by Gasteiger charge is 2.74. The van der Waals surface area contributed by atoms with Gasteiger partial charge in [0.1, 0.15) is 30.8 Å². The SMILES string of the molecule is C[C@]1(O)C2=Nc3c(nc(OCc4ccccc4)nc3OCc3ccccc3)NC[C@H]2[C@H](C(=O)OCCS(C)(=O)=O)[C@]12C(=O)Nc1cc(Br)ccc12. The van der Waals surface area contributed by atoms with Crippen molar-refractivity contribution in [2.24, 2.45) is 16.8 Å². The highest BCUT2D eigenvalue weighted by molar-refractivity contribution is 9.10. The molecule has 1 fully saturated rings. The molecule has 3 aliphatic rings. The lowest BCUT2D eigenvalue weighted by molar-refractivity contribution is -0.156. The number of sulfone groups is 1. The maximum Gasteiger partial charge on any atom is 0.322 e. The molecule has 3 N–H and O–H groups in total. The normalized spacial score (nSPS) is 23.2. The maximum atomic E-state index is 14.2. The zero-order valence-electron chi connectivity index (χ0n) is 27.6. The molecule has 51 heavy (non-hydrogen) atoms. The molecule has 1 amide bonds. The molecule has 264 valence electrons. The number of halogens is 1. The summed E-state index contributed by atoms with van der Waals surface area (Å²) in [6.45, 7) is 1.31. The van der Waals surface area contributed by atoms with Crippen molar-refractivity contribution in [2.75, 3.05) is 35.8 Å². The number of rotatable bonds is 10. The topological polar surface area (TPSA) is 178 Å². The molecule has 3 aromatic carbocycles. The first-order chi connectivity index (χ1) is 24.4. The van der Waals surface area contributed by atoms with E-state index in [-0.39, 0.29) is 48.9 Å². The number of amides is 1. The Morgan fingerprint density at radius 3 is 2.33 bits per heavy atom. The number of anilines is 2. The van der Waals surface area contributed by atoms with Gasteiger partial charge in [-0.1, -0.05) is 82.7 Å². The first-order valence-electron chi connectivity index (χ1n) is 16.1. The van der Waals surface area contributed by atoms with Crippen molar-refractivity contribution in [2.45, 2.75) is 31.2 Å². The number of aliphatic hydroxyl groups is 1. The van der Waals surface area contributed by atoms with E-state index in [1.807, 2.05) is 60.7 Å².